The van der Waals surface area contributed by atoms with Crippen molar-refractivity contribution >= 4 is 21.6 Å². The quantitative estimate of drug-likeness (QED) is 0.702. The predicted molar refractivity (Wildman–Crippen MR) is 86.5 cm³/mol. The van der Waals surface area contributed by atoms with E-state index in [-0.39, 0.29) is 19.7 Å². The van der Waals surface area contributed by atoms with Crippen LogP contribution in [-0.2, 0) is 19.6 Å². The van der Waals surface area contributed by atoms with E-state index < -0.39 is 15.9 Å². The molecule has 0 radical (unpaired) electrons. The van der Waals surface area contributed by atoms with E-state index in [1.165, 1.54) is 21.3 Å². The first kappa shape index (κ1) is 19.2. The van der Waals surface area contributed by atoms with Gasteiger partial charge >= 0.3 is 0 Å². The molecule has 1 rings (SSSR count). The molecule has 1 aromatic carbocycles. The Bertz CT molecular complexity index is 632. The topological polar surface area (TPSA) is 94.2 Å². The minimum absolute atomic E-state index is 0.0952. The van der Waals surface area contributed by atoms with E-state index in [1.807, 2.05) is 0 Å². The van der Waals surface area contributed by atoms with Crippen LogP contribution < -0.4 is 14.8 Å². The van der Waals surface area contributed by atoms with Crippen molar-refractivity contribution in [2.24, 2.45) is 0 Å². The Balaban J connectivity index is 2.85. The van der Waals surface area contributed by atoms with Gasteiger partial charge in [0.05, 0.1) is 39.3 Å². The third-order valence-corrected chi connectivity index (χ3v) is 4.26. The average Bonchev–Trinajstić information content (AvgIpc) is 2.50. The Morgan fingerprint density at radius 3 is 2.43 bits per heavy atom. The molecular formula is C14H22N2O6S. The second kappa shape index (κ2) is 8.70. The third-order valence-electron chi connectivity index (χ3n) is 3.01. The molecule has 0 unspecified atom stereocenters. The summed E-state index contributed by atoms with van der Waals surface area (Å²) in [4.78, 5) is 12.1. The summed E-state index contributed by atoms with van der Waals surface area (Å²) in [5.74, 6) is 0.500. The monoisotopic (exact) mass is 346 g/mol. The molecule has 23 heavy (non-hydrogen) atoms. The largest absolute Gasteiger partial charge is 0.497 e. The lowest BCUT2D eigenvalue weighted by Crippen LogP contribution is -2.39. The minimum atomic E-state index is -3.52. The van der Waals surface area contributed by atoms with Gasteiger partial charge in [-0.15, -0.1) is 0 Å². The highest BCUT2D eigenvalue weighted by Crippen LogP contribution is 2.28. The Labute approximate surface area is 136 Å². The summed E-state index contributed by atoms with van der Waals surface area (Å²) < 4.78 is 39.5. The van der Waals surface area contributed by atoms with Gasteiger partial charge in [-0.2, -0.15) is 4.31 Å². The fourth-order valence-electron chi connectivity index (χ4n) is 1.82. The maximum atomic E-state index is 12.1. The van der Waals surface area contributed by atoms with Gasteiger partial charge < -0.3 is 19.5 Å². The molecule has 130 valence electrons. The van der Waals surface area contributed by atoms with Gasteiger partial charge in [0.1, 0.15) is 11.5 Å². The number of nitrogens with one attached hydrogen (secondary N) is 1. The van der Waals surface area contributed by atoms with Gasteiger partial charge in [0, 0.05) is 19.7 Å². The molecule has 0 aliphatic carbocycles. The summed E-state index contributed by atoms with van der Waals surface area (Å²) in [6.07, 6.45) is 1.04. The number of carbonyl (C=O) groups is 1. The van der Waals surface area contributed by atoms with Crippen LogP contribution in [0.3, 0.4) is 0 Å². The zero-order chi connectivity index (χ0) is 17.5. The first-order valence-electron chi connectivity index (χ1n) is 6.77. The van der Waals surface area contributed by atoms with Crippen LogP contribution in [-0.4, -0.2) is 65.9 Å². The van der Waals surface area contributed by atoms with Crippen LogP contribution in [0.15, 0.2) is 18.2 Å². The standard InChI is InChI=1S/C14H22N2O6S/c1-20-8-7-16(23(4,18)19)10-14(17)15-12-9-11(21-2)5-6-13(12)22-3/h5-6,9H,7-8,10H2,1-4H3,(H,15,17). The lowest BCUT2D eigenvalue weighted by atomic mass is 10.2. The molecule has 0 saturated heterocycles. The van der Waals surface area contributed by atoms with Gasteiger partial charge in [-0.05, 0) is 12.1 Å². The second-order valence-electron chi connectivity index (χ2n) is 4.70. The Kier molecular flexibility index (Phi) is 7.27. The molecule has 0 saturated carbocycles. The van der Waals surface area contributed by atoms with Crippen molar-refractivity contribution in [3.05, 3.63) is 18.2 Å². The van der Waals surface area contributed by atoms with Gasteiger partial charge in [-0.1, -0.05) is 0 Å². The highest BCUT2D eigenvalue weighted by molar-refractivity contribution is 7.88. The fraction of sp³-hybridized carbons (Fsp3) is 0.500. The number of ether oxygens (including phenoxy) is 3. The first-order chi connectivity index (χ1) is 10.8. The van der Waals surface area contributed by atoms with Crippen LogP contribution in [0.5, 0.6) is 11.5 Å². The Hall–Kier alpha value is -1.84. The van der Waals surface area contributed by atoms with Crippen LogP contribution in [0.4, 0.5) is 5.69 Å². The van der Waals surface area contributed by atoms with Gasteiger partial charge in [-0.3, -0.25) is 4.79 Å². The number of benzene rings is 1. The highest BCUT2D eigenvalue weighted by atomic mass is 32.2. The van der Waals surface area contributed by atoms with Gasteiger partial charge in [0.25, 0.3) is 0 Å². The number of sulfonamides is 1. The van der Waals surface area contributed by atoms with Crippen molar-refractivity contribution in [2.45, 2.75) is 0 Å². The number of carbonyl (C=O) groups excluding carboxylic acids is 1. The van der Waals surface area contributed by atoms with Crippen LogP contribution in [0.1, 0.15) is 0 Å². The summed E-state index contributed by atoms with van der Waals surface area (Å²) in [6, 6.07) is 4.93. The van der Waals surface area contributed by atoms with Crippen LogP contribution in [0.25, 0.3) is 0 Å². The lowest BCUT2D eigenvalue weighted by Gasteiger charge is -2.19. The van der Waals surface area contributed by atoms with E-state index in [1.54, 1.807) is 18.2 Å². The molecular weight excluding hydrogens is 324 g/mol. The molecule has 0 heterocycles. The molecule has 0 aromatic heterocycles. The number of methoxy groups -OCH3 is 3. The number of nitrogens with zero attached hydrogens (tertiary/aromatic N) is 1. The Morgan fingerprint density at radius 1 is 1.22 bits per heavy atom. The van der Waals surface area contributed by atoms with Crippen LogP contribution in [0.2, 0.25) is 0 Å². The molecule has 0 fully saturated rings. The summed E-state index contributed by atoms with van der Waals surface area (Å²) in [7, 11) is 0.918. The smallest absolute Gasteiger partial charge is 0.239 e. The molecule has 0 atom stereocenters. The van der Waals surface area contributed by atoms with Gasteiger partial charge in [0.2, 0.25) is 15.9 Å². The zero-order valence-electron chi connectivity index (χ0n) is 13.7. The molecule has 0 spiro atoms. The fourth-order valence-corrected chi connectivity index (χ4v) is 2.57. The van der Waals surface area contributed by atoms with Gasteiger partial charge in [0.15, 0.2) is 0 Å². The molecule has 0 aliphatic heterocycles. The maximum Gasteiger partial charge on any atom is 0.239 e. The van der Waals surface area contributed by atoms with Crippen molar-refractivity contribution in [2.75, 3.05) is 52.6 Å². The van der Waals surface area contributed by atoms with Crippen molar-refractivity contribution in [3.63, 3.8) is 0 Å². The maximum absolute atomic E-state index is 12.1. The number of hydrogen-bond donors (Lipinski definition) is 1. The number of amides is 1. The lowest BCUT2D eigenvalue weighted by molar-refractivity contribution is -0.116. The number of hydrogen-bond acceptors (Lipinski definition) is 6. The molecule has 1 aromatic rings. The third kappa shape index (κ3) is 6.05. The molecule has 8 nitrogen and oxygen atoms in total. The summed E-state index contributed by atoms with van der Waals surface area (Å²) in [6.45, 7) is -0.0244. The second-order valence-corrected chi connectivity index (χ2v) is 6.69. The van der Waals surface area contributed by atoms with E-state index in [9.17, 15) is 13.2 Å². The Morgan fingerprint density at radius 2 is 1.91 bits per heavy atom. The van der Waals surface area contributed by atoms with E-state index in [2.05, 4.69) is 5.32 Å². The van der Waals surface area contributed by atoms with Gasteiger partial charge in [-0.25, -0.2) is 8.42 Å². The number of anilines is 1. The van der Waals surface area contributed by atoms with E-state index >= 15 is 0 Å². The van der Waals surface area contributed by atoms with E-state index in [0.29, 0.717) is 17.2 Å². The van der Waals surface area contributed by atoms with E-state index in [4.69, 9.17) is 14.2 Å². The molecule has 1 N–H and O–H groups in total. The van der Waals surface area contributed by atoms with Crippen LogP contribution in [0, 0.1) is 0 Å². The van der Waals surface area contributed by atoms with Crippen LogP contribution >= 0.6 is 0 Å². The summed E-state index contributed by atoms with van der Waals surface area (Å²) in [5, 5.41) is 2.62. The van der Waals surface area contributed by atoms with Crippen molar-refractivity contribution in [1.29, 1.82) is 0 Å². The first-order valence-corrected chi connectivity index (χ1v) is 8.62. The van der Waals surface area contributed by atoms with E-state index in [0.717, 1.165) is 10.6 Å². The average molecular weight is 346 g/mol. The minimum Gasteiger partial charge on any atom is -0.497 e. The normalized spacial score (nSPS) is 11.3. The predicted octanol–water partition coefficient (Wildman–Crippen LogP) is 0.550. The summed E-state index contributed by atoms with van der Waals surface area (Å²) >= 11 is 0. The zero-order valence-corrected chi connectivity index (χ0v) is 14.5. The van der Waals surface area contributed by atoms with Crippen molar-refractivity contribution in [3.8, 4) is 11.5 Å². The SMILES string of the molecule is COCCN(CC(=O)Nc1cc(OC)ccc1OC)S(C)(=O)=O. The molecule has 0 aliphatic rings. The highest BCUT2D eigenvalue weighted by Gasteiger charge is 2.20. The van der Waals surface area contributed by atoms with Crippen molar-refractivity contribution < 1.29 is 27.4 Å². The molecule has 1 amide bonds. The van der Waals surface area contributed by atoms with Crippen molar-refractivity contribution in [1.82, 2.24) is 4.31 Å². The summed E-state index contributed by atoms with van der Waals surface area (Å²) in [5.41, 5.74) is 0.400. The molecule has 9 heteroatoms. The number of rotatable bonds is 9. The molecule has 0 bridgehead atoms.